The molecule has 1 aromatic rings. The molecule has 5 nitrogen and oxygen atoms in total. The predicted octanol–water partition coefficient (Wildman–Crippen LogP) is 1.28. The van der Waals surface area contributed by atoms with Gasteiger partial charge in [0.05, 0.1) is 5.41 Å². The van der Waals surface area contributed by atoms with Crippen LogP contribution in [-0.4, -0.2) is 29.4 Å². The van der Waals surface area contributed by atoms with E-state index in [0.29, 0.717) is 37.4 Å². The molecule has 1 fully saturated rings. The Bertz CT molecular complexity index is 490. The smallest absolute Gasteiger partial charge is 0.314 e. The number of fused-ring (bicyclic) bond motifs is 1. The summed E-state index contributed by atoms with van der Waals surface area (Å²) < 4.78 is 10.7. The van der Waals surface area contributed by atoms with Crippen molar-refractivity contribution < 1.29 is 24.5 Å². The summed E-state index contributed by atoms with van der Waals surface area (Å²) in [6, 6.07) is 3.27. The maximum absolute atomic E-state index is 11.2. The van der Waals surface area contributed by atoms with Gasteiger partial charge in [-0.3, -0.25) is 4.79 Å². The molecule has 0 unspecified atom stereocenters. The van der Waals surface area contributed by atoms with Gasteiger partial charge >= 0.3 is 5.97 Å². The number of aliphatic carboxylic acids is 1. The van der Waals surface area contributed by atoms with E-state index in [1.54, 1.807) is 12.1 Å². The summed E-state index contributed by atoms with van der Waals surface area (Å²) in [5, 5.41) is 19.3. The number of aromatic hydroxyl groups is 1. The second kappa shape index (κ2) is 3.29. The Morgan fingerprint density at radius 3 is 2.59 bits per heavy atom. The molecule has 1 aliphatic heterocycles. The zero-order valence-corrected chi connectivity index (χ0v) is 9.10. The quantitative estimate of drug-likeness (QED) is 0.808. The highest BCUT2D eigenvalue weighted by Gasteiger charge is 2.53. The van der Waals surface area contributed by atoms with Crippen molar-refractivity contribution in [2.24, 2.45) is 0 Å². The van der Waals surface area contributed by atoms with Gasteiger partial charge in [0, 0.05) is 5.56 Å². The molecule has 5 heteroatoms. The molecule has 0 spiro atoms. The van der Waals surface area contributed by atoms with Gasteiger partial charge in [-0.25, -0.2) is 0 Å². The number of benzene rings is 1. The minimum atomic E-state index is -0.931. The highest BCUT2D eigenvalue weighted by atomic mass is 16.6. The number of hydrogen-bond donors (Lipinski definition) is 2. The number of carboxylic acid groups (broad SMARTS) is 1. The standard InChI is InChI=1S/C12H12O5/c13-9-7(12(3-4-12)11(14)15)1-2-8-10(9)17-6-5-16-8/h1-2,13H,3-6H2,(H,14,15). The molecule has 90 valence electrons. The van der Waals surface area contributed by atoms with Crippen LogP contribution in [0.4, 0.5) is 0 Å². The maximum atomic E-state index is 11.2. The van der Waals surface area contributed by atoms with Crippen molar-refractivity contribution >= 4 is 5.97 Å². The number of carboxylic acids is 1. The lowest BCUT2D eigenvalue weighted by atomic mass is 9.94. The van der Waals surface area contributed by atoms with E-state index in [2.05, 4.69) is 0 Å². The van der Waals surface area contributed by atoms with Crippen LogP contribution in [0.5, 0.6) is 17.2 Å². The largest absolute Gasteiger partial charge is 0.504 e. The molecule has 1 heterocycles. The average molecular weight is 236 g/mol. The van der Waals surface area contributed by atoms with Gasteiger partial charge in [0.2, 0.25) is 5.75 Å². The van der Waals surface area contributed by atoms with Crippen LogP contribution < -0.4 is 9.47 Å². The van der Waals surface area contributed by atoms with E-state index < -0.39 is 11.4 Å². The molecular weight excluding hydrogens is 224 g/mol. The molecule has 1 aromatic carbocycles. The molecule has 0 amide bonds. The van der Waals surface area contributed by atoms with Crippen LogP contribution in [0.25, 0.3) is 0 Å². The van der Waals surface area contributed by atoms with Gasteiger partial charge in [-0.05, 0) is 18.9 Å². The second-order valence-corrected chi connectivity index (χ2v) is 4.37. The van der Waals surface area contributed by atoms with Crippen LogP contribution >= 0.6 is 0 Å². The number of rotatable bonds is 2. The maximum Gasteiger partial charge on any atom is 0.314 e. The van der Waals surface area contributed by atoms with Crippen LogP contribution in [-0.2, 0) is 10.2 Å². The van der Waals surface area contributed by atoms with Gasteiger partial charge in [-0.15, -0.1) is 0 Å². The van der Waals surface area contributed by atoms with Crippen molar-refractivity contribution in [1.82, 2.24) is 0 Å². The molecule has 0 bridgehead atoms. The minimum Gasteiger partial charge on any atom is -0.504 e. The highest BCUT2D eigenvalue weighted by molar-refractivity contribution is 5.86. The van der Waals surface area contributed by atoms with Crippen molar-refractivity contribution in [2.75, 3.05) is 13.2 Å². The first-order chi connectivity index (χ1) is 8.15. The number of ether oxygens (including phenoxy) is 2. The first-order valence-corrected chi connectivity index (χ1v) is 5.50. The van der Waals surface area contributed by atoms with E-state index in [1.165, 1.54) is 0 Å². The Morgan fingerprint density at radius 2 is 1.94 bits per heavy atom. The Balaban J connectivity index is 2.10. The summed E-state index contributed by atoms with van der Waals surface area (Å²) in [6.45, 7) is 0.806. The van der Waals surface area contributed by atoms with Crippen LogP contribution in [0.2, 0.25) is 0 Å². The van der Waals surface area contributed by atoms with Crippen LogP contribution in [0.1, 0.15) is 18.4 Å². The fraction of sp³-hybridized carbons (Fsp3) is 0.417. The normalized spacial score (nSPS) is 19.8. The molecule has 0 saturated heterocycles. The average Bonchev–Trinajstić information content (AvgIpc) is 3.11. The number of hydrogen-bond acceptors (Lipinski definition) is 4. The van der Waals surface area contributed by atoms with Crippen molar-refractivity contribution in [2.45, 2.75) is 18.3 Å². The lowest BCUT2D eigenvalue weighted by Crippen LogP contribution is -2.21. The fourth-order valence-electron chi connectivity index (χ4n) is 2.21. The van der Waals surface area contributed by atoms with E-state index in [1.807, 2.05) is 0 Å². The van der Waals surface area contributed by atoms with E-state index >= 15 is 0 Å². The monoisotopic (exact) mass is 236 g/mol. The Hall–Kier alpha value is -1.91. The zero-order chi connectivity index (χ0) is 12.0. The molecule has 0 radical (unpaired) electrons. The third-order valence-corrected chi connectivity index (χ3v) is 3.36. The van der Waals surface area contributed by atoms with Crippen LogP contribution in [0, 0.1) is 0 Å². The summed E-state index contributed by atoms with van der Waals surface area (Å²) in [5.41, 5.74) is -0.505. The number of phenolic OH excluding ortho intramolecular Hbond substituents is 1. The zero-order valence-electron chi connectivity index (χ0n) is 9.10. The molecule has 2 N–H and O–H groups in total. The first-order valence-electron chi connectivity index (χ1n) is 5.50. The Morgan fingerprint density at radius 1 is 1.24 bits per heavy atom. The Labute approximate surface area is 97.6 Å². The molecular formula is C12H12O5. The van der Waals surface area contributed by atoms with Gasteiger partial charge in [0.25, 0.3) is 0 Å². The van der Waals surface area contributed by atoms with Crippen molar-refractivity contribution in [1.29, 1.82) is 0 Å². The number of carbonyl (C=O) groups is 1. The summed E-state index contributed by atoms with van der Waals surface area (Å²) >= 11 is 0. The molecule has 1 aliphatic carbocycles. The van der Waals surface area contributed by atoms with E-state index in [4.69, 9.17) is 9.47 Å². The van der Waals surface area contributed by atoms with Crippen LogP contribution in [0.3, 0.4) is 0 Å². The summed E-state index contributed by atoms with van der Waals surface area (Å²) in [4.78, 5) is 11.2. The molecule has 3 rings (SSSR count). The molecule has 0 aromatic heterocycles. The van der Waals surface area contributed by atoms with Gasteiger partial charge in [0.15, 0.2) is 11.5 Å². The van der Waals surface area contributed by atoms with Crippen molar-refractivity contribution in [3.8, 4) is 17.2 Å². The van der Waals surface area contributed by atoms with Crippen LogP contribution in [0.15, 0.2) is 12.1 Å². The van der Waals surface area contributed by atoms with Crippen molar-refractivity contribution in [3.05, 3.63) is 17.7 Å². The summed E-state index contributed by atoms with van der Waals surface area (Å²) in [6.07, 6.45) is 1.10. The van der Waals surface area contributed by atoms with Gasteiger partial charge in [-0.2, -0.15) is 0 Å². The predicted molar refractivity (Wildman–Crippen MR) is 57.6 cm³/mol. The third kappa shape index (κ3) is 1.35. The summed E-state index contributed by atoms with van der Waals surface area (Å²) in [7, 11) is 0. The summed E-state index contributed by atoms with van der Waals surface area (Å²) in [5.74, 6) is -0.258. The minimum absolute atomic E-state index is 0.0953. The first kappa shape index (κ1) is 10.3. The Kier molecular flexibility index (Phi) is 1.98. The third-order valence-electron chi connectivity index (χ3n) is 3.36. The highest BCUT2D eigenvalue weighted by Crippen LogP contribution is 2.55. The van der Waals surface area contributed by atoms with E-state index in [0.717, 1.165) is 0 Å². The molecule has 2 aliphatic rings. The lowest BCUT2D eigenvalue weighted by Gasteiger charge is -2.22. The lowest BCUT2D eigenvalue weighted by molar-refractivity contribution is -0.140. The SMILES string of the molecule is O=C(O)C1(c2ccc3c(c2O)OCCO3)CC1. The second-order valence-electron chi connectivity index (χ2n) is 4.37. The van der Waals surface area contributed by atoms with Gasteiger partial charge in [-0.1, -0.05) is 6.07 Å². The molecule has 0 atom stereocenters. The topological polar surface area (TPSA) is 76.0 Å². The molecule has 1 saturated carbocycles. The fourth-order valence-corrected chi connectivity index (χ4v) is 2.21. The van der Waals surface area contributed by atoms with Gasteiger partial charge in [0.1, 0.15) is 13.2 Å². The van der Waals surface area contributed by atoms with E-state index in [9.17, 15) is 15.0 Å². The van der Waals surface area contributed by atoms with Gasteiger partial charge < -0.3 is 19.7 Å². The van der Waals surface area contributed by atoms with Crippen molar-refractivity contribution in [3.63, 3.8) is 0 Å². The van der Waals surface area contributed by atoms with E-state index in [-0.39, 0.29) is 11.5 Å². The number of phenols is 1. The molecule has 17 heavy (non-hydrogen) atoms.